The third-order valence-corrected chi connectivity index (χ3v) is 3.52. The molecule has 0 radical (unpaired) electrons. The molecule has 0 saturated heterocycles. The van der Waals surface area contributed by atoms with Gasteiger partial charge in [0.2, 0.25) is 0 Å². The van der Waals surface area contributed by atoms with Crippen LogP contribution in [-0.4, -0.2) is 11.1 Å². The lowest BCUT2D eigenvalue weighted by Gasteiger charge is -2.10. The number of rotatable bonds is 4. The number of aromatic carboxylic acids is 1. The first-order chi connectivity index (χ1) is 9.08. The van der Waals surface area contributed by atoms with Gasteiger partial charge in [0.1, 0.15) is 17.9 Å². The van der Waals surface area contributed by atoms with Gasteiger partial charge in [0.15, 0.2) is 0 Å². The Morgan fingerprint density at radius 1 is 1.26 bits per heavy atom. The van der Waals surface area contributed by atoms with Crippen molar-refractivity contribution in [2.75, 3.05) is 0 Å². The zero-order chi connectivity index (χ0) is 13.8. The van der Waals surface area contributed by atoms with Crippen molar-refractivity contribution in [1.82, 2.24) is 0 Å². The van der Waals surface area contributed by atoms with Crippen LogP contribution in [0.5, 0.6) is 5.75 Å². The van der Waals surface area contributed by atoms with Crippen LogP contribution in [0.2, 0.25) is 5.02 Å². The lowest BCUT2D eigenvalue weighted by Crippen LogP contribution is -2.03. The molecule has 19 heavy (non-hydrogen) atoms. The number of halogens is 2. The van der Waals surface area contributed by atoms with Crippen LogP contribution >= 0.6 is 27.5 Å². The molecule has 2 aromatic carbocycles. The fourth-order valence-electron chi connectivity index (χ4n) is 1.57. The second-order valence-electron chi connectivity index (χ2n) is 3.83. The molecule has 0 heterocycles. The molecule has 98 valence electrons. The molecule has 0 unspecified atom stereocenters. The van der Waals surface area contributed by atoms with Gasteiger partial charge in [-0.2, -0.15) is 0 Å². The number of hydrogen-bond donors (Lipinski definition) is 1. The van der Waals surface area contributed by atoms with Crippen LogP contribution in [-0.2, 0) is 6.61 Å². The van der Waals surface area contributed by atoms with E-state index in [1.165, 1.54) is 6.07 Å². The molecule has 0 aliphatic heterocycles. The summed E-state index contributed by atoms with van der Waals surface area (Å²) in [6, 6.07) is 12.1. The number of benzene rings is 2. The Hall–Kier alpha value is -1.52. The van der Waals surface area contributed by atoms with Gasteiger partial charge in [0.05, 0.1) is 0 Å². The van der Waals surface area contributed by atoms with Crippen LogP contribution < -0.4 is 4.74 Å². The highest BCUT2D eigenvalue weighted by atomic mass is 79.9. The van der Waals surface area contributed by atoms with Gasteiger partial charge in [-0.05, 0) is 24.3 Å². The Kier molecular flexibility index (Phi) is 4.45. The Balaban J connectivity index is 2.20. The van der Waals surface area contributed by atoms with Crippen molar-refractivity contribution >= 4 is 33.5 Å². The molecule has 0 saturated carbocycles. The lowest BCUT2D eigenvalue weighted by atomic mass is 10.2. The maximum absolute atomic E-state index is 11.1. The molecule has 0 bridgehead atoms. The summed E-state index contributed by atoms with van der Waals surface area (Å²) < 4.78 is 6.47. The summed E-state index contributed by atoms with van der Waals surface area (Å²) >= 11 is 9.19. The van der Waals surface area contributed by atoms with Gasteiger partial charge in [-0.3, -0.25) is 0 Å². The fraction of sp³-hybridized carbons (Fsp3) is 0.0714. The molecule has 0 aliphatic rings. The van der Waals surface area contributed by atoms with E-state index in [1.54, 1.807) is 12.1 Å². The lowest BCUT2D eigenvalue weighted by molar-refractivity contribution is 0.0691. The second-order valence-corrected chi connectivity index (χ2v) is 5.12. The maximum atomic E-state index is 11.1. The molecule has 0 aliphatic carbocycles. The maximum Gasteiger partial charge on any atom is 0.339 e. The number of ether oxygens (including phenoxy) is 1. The van der Waals surface area contributed by atoms with E-state index in [1.807, 2.05) is 24.3 Å². The molecule has 0 amide bonds. The van der Waals surface area contributed by atoms with Gasteiger partial charge in [-0.25, -0.2) is 4.79 Å². The van der Waals surface area contributed by atoms with Crippen molar-refractivity contribution in [2.24, 2.45) is 0 Å². The van der Waals surface area contributed by atoms with Crippen LogP contribution in [0.1, 0.15) is 15.9 Å². The molecule has 1 N–H and O–H groups in total. The van der Waals surface area contributed by atoms with Crippen molar-refractivity contribution in [2.45, 2.75) is 6.61 Å². The zero-order valence-electron chi connectivity index (χ0n) is 9.77. The topological polar surface area (TPSA) is 46.5 Å². The van der Waals surface area contributed by atoms with Crippen molar-refractivity contribution in [1.29, 1.82) is 0 Å². The van der Waals surface area contributed by atoms with E-state index in [4.69, 9.17) is 21.4 Å². The molecule has 0 aromatic heterocycles. The van der Waals surface area contributed by atoms with Crippen LogP contribution in [0.15, 0.2) is 46.9 Å². The van der Waals surface area contributed by atoms with E-state index in [-0.39, 0.29) is 12.2 Å². The van der Waals surface area contributed by atoms with Crippen molar-refractivity contribution < 1.29 is 14.6 Å². The first-order valence-electron chi connectivity index (χ1n) is 5.47. The van der Waals surface area contributed by atoms with Crippen LogP contribution in [0, 0.1) is 0 Å². The van der Waals surface area contributed by atoms with E-state index >= 15 is 0 Å². The number of hydrogen-bond acceptors (Lipinski definition) is 2. The van der Waals surface area contributed by atoms with Gasteiger partial charge in [0.25, 0.3) is 0 Å². The molecule has 0 spiro atoms. The van der Waals surface area contributed by atoms with Gasteiger partial charge in [-0.1, -0.05) is 45.7 Å². The average Bonchev–Trinajstić information content (AvgIpc) is 2.38. The zero-order valence-corrected chi connectivity index (χ0v) is 12.1. The Labute approximate surface area is 123 Å². The standard InChI is InChI=1S/C14H10BrClO3/c15-12-4-2-1-3-9(12)8-19-13-6-5-10(16)7-11(13)14(17)18/h1-7H,8H2,(H,17,18). The second kappa shape index (κ2) is 6.08. The highest BCUT2D eigenvalue weighted by molar-refractivity contribution is 9.10. The summed E-state index contributed by atoms with van der Waals surface area (Å²) in [5.41, 5.74) is 0.994. The van der Waals surface area contributed by atoms with Crippen LogP contribution in [0.4, 0.5) is 0 Å². The van der Waals surface area contributed by atoms with Gasteiger partial charge >= 0.3 is 5.97 Å². The van der Waals surface area contributed by atoms with E-state index in [0.717, 1.165) is 10.0 Å². The summed E-state index contributed by atoms with van der Waals surface area (Å²) in [6.45, 7) is 0.281. The largest absolute Gasteiger partial charge is 0.488 e. The highest BCUT2D eigenvalue weighted by Gasteiger charge is 2.12. The quantitative estimate of drug-likeness (QED) is 0.897. The van der Waals surface area contributed by atoms with Gasteiger partial charge in [0, 0.05) is 15.1 Å². The minimum Gasteiger partial charge on any atom is -0.488 e. The first-order valence-corrected chi connectivity index (χ1v) is 6.64. The van der Waals surface area contributed by atoms with Crippen molar-refractivity contribution in [3.63, 3.8) is 0 Å². The number of carboxylic acids is 1. The SMILES string of the molecule is O=C(O)c1cc(Cl)ccc1OCc1ccccc1Br. The predicted octanol–water partition coefficient (Wildman–Crippen LogP) is 4.38. The molecule has 0 atom stereocenters. The normalized spacial score (nSPS) is 10.2. The summed E-state index contributed by atoms with van der Waals surface area (Å²) in [7, 11) is 0. The third-order valence-electron chi connectivity index (χ3n) is 2.51. The van der Waals surface area contributed by atoms with Gasteiger partial charge < -0.3 is 9.84 Å². The predicted molar refractivity (Wildman–Crippen MR) is 76.9 cm³/mol. The van der Waals surface area contributed by atoms with E-state index < -0.39 is 5.97 Å². The molecule has 5 heteroatoms. The summed E-state index contributed by atoms with van der Waals surface area (Å²) in [6.07, 6.45) is 0. The van der Waals surface area contributed by atoms with Gasteiger partial charge in [-0.15, -0.1) is 0 Å². The first kappa shape index (κ1) is 13.9. The van der Waals surface area contributed by atoms with Crippen LogP contribution in [0.25, 0.3) is 0 Å². The number of carboxylic acid groups (broad SMARTS) is 1. The fourth-order valence-corrected chi connectivity index (χ4v) is 2.14. The Morgan fingerprint density at radius 3 is 2.68 bits per heavy atom. The molecular weight excluding hydrogens is 332 g/mol. The molecule has 3 nitrogen and oxygen atoms in total. The van der Waals surface area contributed by atoms with Crippen LogP contribution in [0.3, 0.4) is 0 Å². The number of carbonyl (C=O) groups is 1. The monoisotopic (exact) mass is 340 g/mol. The minimum atomic E-state index is -1.07. The van der Waals surface area contributed by atoms with Crippen molar-refractivity contribution in [3.05, 3.63) is 63.1 Å². The smallest absolute Gasteiger partial charge is 0.339 e. The highest BCUT2D eigenvalue weighted by Crippen LogP contribution is 2.25. The van der Waals surface area contributed by atoms with Crippen molar-refractivity contribution in [3.8, 4) is 5.75 Å². The average molecular weight is 342 g/mol. The molecule has 2 aromatic rings. The third kappa shape index (κ3) is 3.49. The molecular formula is C14H10BrClO3. The summed E-state index contributed by atoms with van der Waals surface area (Å²) in [5, 5.41) is 9.46. The van der Waals surface area contributed by atoms with E-state index in [9.17, 15) is 4.79 Å². The van der Waals surface area contributed by atoms with E-state index in [2.05, 4.69) is 15.9 Å². The van der Waals surface area contributed by atoms with E-state index in [0.29, 0.717) is 10.8 Å². The summed E-state index contributed by atoms with van der Waals surface area (Å²) in [4.78, 5) is 11.1. The molecule has 2 rings (SSSR count). The summed E-state index contributed by atoms with van der Waals surface area (Å²) in [5.74, 6) is -0.766. The Bertz CT molecular complexity index is 613. The Morgan fingerprint density at radius 2 is 2.00 bits per heavy atom. The molecule has 0 fully saturated rings. The minimum absolute atomic E-state index is 0.0551.